The summed E-state index contributed by atoms with van der Waals surface area (Å²) in [6.45, 7) is 2.70. The van der Waals surface area contributed by atoms with Crippen molar-refractivity contribution in [3.63, 3.8) is 0 Å². The Labute approximate surface area is 105 Å². The van der Waals surface area contributed by atoms with Crippen molar-refractivity contribution in [2.45, 2.75) is 25.6 Å². The average Bonchev–Trinajstić information content (AvgIpc) is 2.27. The highest BCUT2D eigenvalue weighted by Crippen LogP contribution is 2.23. The highest BCUT2D eigenvalue weighted by Gasteiger charge is 2.04. The van der Waals surface area contributed by atoms with Crippen LogP contribution in [0.25, 0.3) is 0 Å². The van der Waals surface area contributed by atoms with Gasteiger partial charge in [-0.2, -0.15) is 0 Å². The number of hydrogen-bond donors (Lipinski definition) is 0. The first-order chi connectivity index (χ1) is 7.31. The van der Waals surface area contributed by atoms with Crippen LogP contribution in [-0.4, -0.2) is 11.9 Å². The van der Waals surface area contributed by atoms with Crippen LogP contribution in [0.5, 0.6) is 5.75 Å². The molecule has 1 aromatic carbocycles. The first kappa shape index (κ1) is 12.9. The number of aryl methyl sites for hydroxylation is 1. The van der Waals surface area contributed by atoms with Crippen LogP contribution in [0.3, 0.4) is 0 Å². The molecule has 0 aliphatic rings. The number of hydrogen-bond acceptors (Lipinski definition) is 1. The molecule has 0 saturated heterocycles. The molecule has 0 N–H and O–H groups in total. The lowest BCUT2D eigenvalue weighted by Crippen LogP contribution is -1.98. The fraction of sp³-hybridized carbons (Fsp3) is 0.500. The Balaban J connectivity index is 2.82. The van der Waals surface area contributed by atoms with Crippen LogP contribution in [-0.2, 0) is 12.3 Å². The number of benzene rings is 1. The molecule has 0 bridgehead atoms. The van der Waals surface area contributed by atoms with Gasteiger partial charge in [-0.05, 0) is 37.0 Å². The van der Waals surface area contributed by atoms with Gasteiger partial charge in [0.15, 0.2) is 0 Å². The molecule has 0 fully saturated rings. The molecule has 15 heavy (non-hydrogen) atoms. The Morgan fingerprint density at radius 2 is 2.20 bits per heavy atom. The molecule has 0 unspecified atom stereocenters. The molecule has 0 heterocycles. The summed E-state index contributed by atoms with van der Waals surface area (Å²) >= 11 is 9.23. The van der Waals surface area contributed by atoms with Gasteiger partial charge in [0, 0.05) is 11.2 Å². The molecule has 3 heteroatoms. The smallest absolute Gasteiger partial charge is 0.122 e. The molecular weight excluding hydrogens is 275 g/mol. The second kappa shape index (κ2) is 7.13. The summed E-state index contributed by atoms with van der Waals surface area (Å²) in [5, 5.41) is 1.02. The van der Waals surface area contributed by atoms with E-state index < -0.39 is 0 Å². The predicted octanol–water partition coefficient (Wildman–Crippen LogP) is 4.15. The van der Waals surface area contributed by atoms with E-state index in [9.17, 15) is 0 Å². The monoisotopic (exact) mass is 290 g/mol. The second-order valence-corrected chi connectivity index (χ2v) is 4.36. The molecule has 0 amide bonds. The van der Waals surface area contributed by atoms with Crippen molar-refractivity contribution < 1.29 is 4.74 Å². The third-order valence-corrected chi connectivity index (χ3v) is 3.03. The van der Waals surface area contributed by atoms with Gasteiger partial charge in [-0.25, -0.2) is 0 Å². The number of rotatable bonds is 6. The molecule has 0 radical (unpaired) electrons. The Bertz CT molecular complexity index is 302. The zero-order valence-electron chi connectivity index (χ0n) is 8.93. The van der Waals surface area contributed by atoms with Crippen molar-refractivity contribution in [2.75, 3.05) is 11.9 Å². The van der Waals surface area contributed by atoms with Crippen LogP contribution in [0, 0.1) is 0 Å². The summed E-state index contributed by atoms with van der Waals surface area (Å²) in [5.74, 6) is 1.52. The first-order valence-corrected chi connectivity index (χ1v) is 6.84. The van der Waals surface area contributed by atoms with Crippen molar-refractivity contribution in [1.29, 1.82) is 0 Å². The van der Waals surface area contributed by atoms with E-state index in [4.69, 9.17) is 16.3 Å². The second-order valence-electron chi connectivity index (χ2n) is 3.30. The van der Waals surface area contributed by atoms with Crippen LogP contribution < -0.4 is 4.74 Å². The fourth-order valence-corrected chi connectivity index (χ4v) is 1.88. The maximum Gasteiger partial charge on any atom is 0.122 e. The third-order valence-electron chi connectivity index (χ3n) is 2.17. The average molecular weight is 292 g/mol. The van der Waals surface area contributed by atoms with Crippen molar-refractivity contribution >= 4 is 27.5 Å². The van der Waals surface area contributed by atoms with Gasteiger partial charge in [-0.1, -0.05) is 28.1 Å². The summed E-state index contributed by atoms with van der Waals surface area (Å²) in [7, 11) is 0. The molecule has 0 atom stereocenters. The summed E-state index contributed by atoms with van der Waals surface area (Å²) in [4.78, 5) is 0. The van der Waals surface area contributed by atoms with E-state index in [1.165, 1.54) is 5.56 Å². The van der Waals surface area contributed by atoms with Gasteiger partial charge in [-0.15, -0.1) is 11.6 Å². The topological polar surface area (TPSA) is 9.23 Å². The predicted molar refractivity (Wildman–Crippen MR) is 69.3 cm³/mol. The lowest BCUT2D eigenvalue weighted by atomic mass is 10.1. The SMILES string of the molecule is CCOc1cc(CCl)ccc1CCCBr. The summed E-state index contributed by atoms with van der Waals surface area (Å²) in [6.07, 6.45) is 2.17. The molecule has 0 aromatic heterocycles. The zero-order chi connectivity index (χ0) is 11.1. The highest BCUT2D eigenvalue weighted by molar-refractivity contribution is 9.09. The lowest BCUT2D eigenvalue weighted by molar-refractivity contribution is 0.336. The Hall–Kier alpha value is -0.210. The van der Waals surface area contributed by atoms with Crippen molar-refractivity contribution in [3.8, 4) is 5.75 Å². The number of ether oxygens (including phenoxy) is 1. The minimum absolute atomic E-state index is 0.540. The zero-order valence-corrected chi connectivity index (χ0v) is 11.3. The van der Waals surface area contributed by atoms with Gasteiger partial charge < -0.3 is 4.74 Å². The fourth-order valence-electron chi connectivity index (χ4n) is 1.44. The van der Waals surface area contributed by atoms with Crippen LogP contribution in [0.4, 0.5) is 0 Å². The van der Waals surface area contributed by atoms with Crippen molar-refractivity contribution in [3.05, 3.63) is 29.3 Å². The Morgan fingerprint density at radius 3 is 2.80 bits per heavy atom. The molecule has 0 aliphatic heterocycles. The van der Waals surface area contributed by atoms with Gasteiger partial charge in [0.1, 0.15) is 5.75 Å². The van der Waals surface area contributed by atoms with E-state index in [0.29, 0.717) is 12.5 Å². The van der Waals surface area contributed by atoms with Gasteiger partial charge in [0.05, 0.1) is 6.61 Å². The van der Waals surface area contributed by atoms with Gasteiger partial charge in [-0.3, -0.25) is 0 Å². The minimum atomic E-state index is 0.540. The molecular formula is C12H16BrClO. The first-order valence-electron chi connectivity index (χ1n) is 5.18. The summed E-state index contributed by atoms with van der Waals surface area (Å²) in [5.41, 5.74) is 2.38. The van der Waals surface area contributed by atoms with E-state index in [1.54, 1.807) is 0 Å². The highest BCUT2D eigenvalue weighted by atomic mass is 79.9. The van der Waals surface area contributed by atoms with E-state index in [1.807, 2.05) is 13.0 Å². The van der Waals surface area contributed by atoms with E-state index in [-0.39, 0.29) is 0 Å². The molecule has 1 aromatic rings. The Kier molecular flexibility index (Phi) is 6.11. The normalized spacial score (nSPS) is 10.3. The minimum Gasteiger partial charge on any atom is -0.494 e. The number of alkyl halides is 2. The van der Waals surface area contributed by atoms with Crippen LogP contribution >= 0.6 is 27.5 Å². The van der Waals surface area contributed by atoms with Crippen LogP contribution in [0.2, 0.25) is 0 Å². The van der Waals surface area contributed by atoms with Gasteiger partial charge >= 0.3 is 0 Å². The van der Waals surface area contributed by atoms with Gasteiger partial charge in [0.2, 0.25) is 0 Å². The molecule has 1 nitrogen and oxygen atoms in total. The van der Waals surface area contributed by atoms with Crippen LogP contribution in [0.15, 0.2) is 18.2 Å². The molecule has 84 valence electrons. The number of halogens is 2. The summed E-state index contributed by atoms with van der Waals surface area (Å²) < 4.78 is 5.60. The van der Waals surface area contributed by atoms with Crippen molar-refractivity contribution in [2.24, 2.45) is 0 Å². The molecule has 1 rings (SSSR count). The Morgan fingerprint density at radius 1 is 1.40 bits per heavy atom. The largest absolute Gasteiger partial charge is 0.494 e. The third kappa shape index (κ3) is 4.04. The maximum atomic E-state index is 5.79. The van der Waals surface area contributed by atoms with E-state index >= 15 is 0 Å². The van der Waals surface area contributed by atoms with E-state index in [2.05, 4.69) is 28.1 Å². The summed E-state index contributed by atoms with van der Waals surface area (Å²) in [6, 6.07) is 6.23. The lowest BCUT2D eigenvalue weighted by Gasteiger charge is -2.11. The molecule has 0 aliphatic carbocycles. The standard InChI is InChI=1S/C12H16BrClO/c1-2-15-12-8-10(9-14)5-6-11(12)4-3-7-13/h5-6,8H,2-4,7,9H2,1H3. The molecule has 0 saturated carbocycles. The van der Waals surface area contributed by atoms with E-state index in [0.717, 1.165) is 29.5 Å². The quantitative estimate of drug-likeness (QED) is 0.715. The van der Waals surface area contributed by atoms with Gasteiger partial charge in [0.25, 0.3) is 0 Å². The van der Waals surface area contributed by atoms with Crippen molar-refractivity contribution in [1.82, 2.24) is 0 Å². The molecule has 0 spiro atoms. The maximum absolute atomic E-state index is 5.79. The van der Waals surface area contributed by atoms with Crippen LogP contribution in [0.1, 0.15) is 24.5 Å².